The number of carbonyl (C=O) groups is 1. The van der Waals surface area contributed by atoms with Crippen LogP contribution in [0.15, 0.2) is 0 Å². The maximum Gasteiger partial charge on any atom is 0.236 e. The first-order chi connectivity index (χ1) is 6.86. The number of amides is 1. The molecule has 2 heterocycles. The molecule has 4 heteroatoms. The van der Waals surface area contributed by atoms with Crippen molar-refractivity contribution in [3.63, 3.8) is 0 Å². The fraction of sp³-hybridized carbons (Fsp3) is 0.900. The molecule has 0 saturated carbocycles. The summed E-state index contributed by atoms with van der Waals surface area (Å²) >= 11 is 0. The van der Waals surface area contributed by atoms with Gasteiger partial charge in [-0.15, -0.1) is 0 Å². The quantitative estimate of drug-likeness (QED) is 0.660. The van der Waals surface area contributed by atoms with E-state index in [0.717, 1.165) is 32.6 Å². The molecular weight excluding hydrogens is 178 g/mol. The Bertz CT molecular complexity index is 202. The van der Waals surface area contributed by atoms with Crippen LogP contribution < -0.4 is 10.7 Å². The van der Waals surface area contributed by atoms with Crippen LogP contribution in [0.1, 0.15) is 25.7 Å². The summed E-state index contributed by atoms with van der Waals surface area (Å²) in [4.78, 5) is 11.5. The van der Waals surface area contributed by atoms with Crippen LogP contribution in [-0.4, -0.2) is 37.1 Å². The Morgan fingerprint density at radius 1 is 1.36 bits per heavy atom. The van der Waals surface area contributed by atoms with E-state index in [2.05, 4.69) is 10.7 Å². The first kappa shape index (κ1) is 9.93. The largest absolute Gasteiger partial charge is 0.316 e. The summed E-state index contributed by atoms with van der Waals surface area (Å²) in [5.74, 6) is 0.903. The smallest absolute Gasteiger partial charge is 0.236 e. The van der Waals surface area contributed by atoms with Crippen LogP contribution in [0.2, 0.25) is 0 Å². The number of nitrogens with zero attached hydrogens (tertiary/aromatic N) is 1. The lowest BCUT2D eigenvalue weighted by Gasteiger charge is -2.32. The summed E-state index contributed by atoms with van der Waals surface area (Å²) in [5, 5.41) is 5.19. The Kier molecular flexibility index (Phi) is 3.37. The van der Waals surface area contributed by atoms with Gasteiger partial charge >= 0.3 is 0 Å². The molecule has 0 aromatic rings. The summed E-state index contributed by atoms with van der Waals surface area (Å²) in [6.07, 6.45) is 4.19. The third kappa shape index (κ3) is 2.45. The second-order valence-electron chi connectivity index (χ2n) is 4.23. The van der Waals surface area contributed by atoms with E-state index in [0.29, 0.717) is 12.3 Å². The molecule has 2 aliphatic heterocycles. The summed E-state index contributed by atoms with van der Waals surface area (Å²) in [7, 11) is 0. The van der Waals surface area contributed by atoms with Crippen LogP contribution >= 0.6 is 0 Å². The van der Waals surface area contributed by atoms with Gasteiger partial charge in [0, 0.05) is 19.5 Å². The number of hydrazine groups is 1. The van der Waals surface area contributed by atoms with Gasteiger partial charge < -0.3 is 5.32 Å². The van der Waals surface area contributed by atoms with Crippen LogP contribution in [0.3, 0.4) is 0 Å². The molecular formula is C10H19N3O. The van der Waals surface area contributed by atoms with Crippen molar-refractivity contribution in [3.05, 3.63) is 0 Å². The molecule has 1 atom stereocenters. The summed E-state index contributed by atoms with van der Waals surface area (Å²) < 4.78 is 0. The van der Waals surface area contributed by atoms with Crippen LogP contribution in [-0.2, 0) is 4.79 Å². The Labute approximate surface area is 85.0 Å². The molecule has 2 rings (SSSR count). The Morgan fingerprint density at radius 3 is 3.00 bits per heavy atom. The predicted molar refractivity (Wildman–Crippen MR) is 54.5 cm³/mol. The fourth-order valence-corrected chi connectivity index (χ4v) is 2.18. The number of piperidine rings is 1. The second kappa shape index (κ2) is 4.75. The molecule has 0 aliphatic carbocycles. The van der Waals surface area contributed by atoms with Gasteiger partial charge in [0.25, 0.3) is 0 Å². The van der Waals surface area contributed by atoms with Crippen LogP contribution in [0.25, 0.3) is 0 Å². The number of hydrogen-bond acceptors (Lipinski definition) is 3. The molecule has 0 bridgehead atoms. The van der Waals surface area contributed by atoms with E-state index in [1.165, 1.54) is 12.8 Å². The molecule has 1 unspecified atom stereocenters. The first-order valence-corrected chi connectivity index (χ1v) is 5.61. The molecule has 4 nitrogen and oxygen atoms in total. The lowest BCUT2D eigenvalue weighted by atomic mass is 9.99. The number of nitrogens with one attached hydrogen (secondary N) is 2. The van der Waals surface area contributed by atoms with Gasteiger partial charge in [-0.25, -0.2) is 5.43 Å². The number of hydrogen-bond donors (Lipinski definition) is 2. The van der Waals surface area contributed by atoms with E-state index in [1.807, 2.05) is 5.01 Å². The van der Waals surface area contributed by atoms with E-state index in [-0.39, 0.29) is 5.91 Å². The normalized spacial score (nSPS) is 29.3. The molecule has 2 aliphatic rings. The van der Waals surface area contributed by atoms with E-state index in [4.69, 9.17) is 0 Å². The summed E-state index contributed by atoms with van der Waals surface area (Å²) in [5.41, 5.74) is 3.17. The molecule has 0 spiro atoms. The zero-order valence-corrected chi connectivity index (χ0v) is 8.59. The third-order valence-corrected chi connectivity index (χ3v) is 3.01. The van der Waals surface area contributed by atoms with Crippen LogP contribution in [0.4, 0.5) is 0 Å². The van der Waals surface area contributed by atoms with Crippen LogP contribution in [0.5, 0.6) is 0 Å². The van der Waals surface area contributed by atoms with E-state index < -0.39 is 0 Å². The molecule has 80 valence electrons. The van der Waals surface area contributed by atoms with Crippen LogP contribution in [0, 0.1) is 5.92 Å². The minimum absolute atomic E-state index is 0.266. The minimum atomic E-state index is 0.266. The topological polar surface area (TPSA) is 44.4 Å². The van der Waals surface area contributed by atoms with Gasteiger partial charge in [0.15, 0.2) is 0 Å². The molecule has 0 aromatic heterocycles. The number of carbonyl (C=O) groups excluding carboxylic acids is 1. The monoisotopic (exact) mass is 197 g/mol. The highest BCUT2D eigenvalue weighted by atomic mass is 16.2. The van der Waals surface area contributed by atoms with Crippen molar-refractivity contribution in [2.45, 2.75) is 25.7 Å². The fourth-order valence-electron chi connectivity index (χ4n) is 2.18. The predicted octanol–water partition coefficient (Wildman–Crippen LogP) is 0.113. The number of rotatable bonds is 2. The van der Waals surface area contributed by atoms with Crippen molar-refractivity contribution in [3.8, 4) is 0 Å². The Morgan fingerprint density at radius 2 is 2.29 bits per heavy atom. The van der Waals surface area contributed by atoms with Crippen molar-refractivity contribution >= 4 is 5.91 Å². The lowest BCUT2D eigenvalue weighted by molar-refractivity contribution is -0.137. The molecule has 0 radical (unpaired) electrons. The van der Waals surface area contributed by atoms with E-state index >= 15 is 0 Å². The van der Waals surface area contributed by atoms with E-state index in [1.54, 1.807) is 0 Å². The molecule has 2 fully saturated rings. The molecule has 0 aromatic carbocycles. The standard InChI is InChI=1S/C10H19N3O/c14-10-4-2-6-12-13(10)8-9-3-1-5-11-7-9/h9,11-12H,1-8H2. The van der Waals surface area contributed by atoms with Crippen molar-refractivity contribution in [2.75, 3.05) is 26.2 Å². The van der Waals surface area contributed by atoms with Gasteiger partial charge in [0.2, 0.25) is 5.91 Å². The SMILES string of the molecule is O=C1CCCNN1CC1CCCNC1. The highest BCUT2D eigenvalue weighted by Crippen LogP contribution is 2.13. The Hall–Kier alpha value is -0.610. The van der Waals surface area contributed by atoms with Gasteiger partial charge in [-0.1, -0.05) is 0 Å². The molecule has 14 heavy (non-hydrogen) atoms. The molecule has 2 saturated heterocycles. The van der Waals surface area contributed by atoms with Gasteiger partial charge in [-0.2, -0.15) is 0 Å². The lowest BCUT2D eigenvalue weighted by Crippen LogP contribution is -2.50. The zero-order chi connectivity index (χ0) is 9.80. The van der Waals surface area contributed by atoms with Crippen molar-refractivity contribution in [2.24, 2.45) is 5.92 Å². The zero-order valence-electron chi connectivity index (χ0n) is 8.59. The van der Waals surface area contributed by atoms with Crippen molar-refractivity contribution in [1.82, 2.24) is 15.8 Å². The van der Waals surface area contributed by atoms with Gasteiger partial charge in [0.1, 0.15) is 0 Å². The maximum absolute atomic E-state index is 11.5. The highest BCUT2D eigenvalue weighted by Gasteiger charge is 2.22. The third-order valence-electron chi connectivity index (χ3n) is 3.01. The maximum atomic E-state index is 11.5. The highest BCUT2D eigenvalue weighted by molar-refractivity contribution is 5.76. The van der Waals surface area contributed by atoms with Crippen molar-refractivity contribution in [1.29, 1.82) is 0 Å². The van der Waals surface area contributed by atoms with Gasteiger partial charge in [0.05, 0.1) is 0 Å². The average molecular weight is 197 g/mol. The van der Waals surface area contributed by atoms with Crippen molar-refractivity contribution < 1.29 is 4.79 Å². The van der Waals surface area contributed by atoms with Gasteiger partial charge in [-0.3, -0.25) is 9.80 Å². The molecule has 1 amide bonds. The second-order valence-corrected chi connectivity index (χ2v) is 4.23. The first-order valence-electron chi connectivity index (χ1n) is 5.61. The van der Waals surface area contributed by atoms with E-state index in [9.17, 15) is 4.79 Å². The summed E-state index contributed by atoms with van der Waals surface area (Å²) in [6, 6.07) is 0. The average Bonchev–Trinajstić information content (AvgIpc) is 2.23. The Balaban J connectivity index is 1.79. The molecule has 2 N–H and O–H groups in total. The van der Waals surface area contributed by atoms with Gasteiger partial charge in [-0.05, 0) is 38.3 Å². The minimum Gasteiger partial charge on any atom is -0.316 e. The summed E-state index contributed by atoms with van der Waals surface area (Å²) in [6.45, 7) is 4.03.